The number of benzene rings is 1. The molecule has 0 saturated heterocycles. The molecule has 0 spiro atoms. The Bertz CT molecular complexity index is 397. The van der Waals surface area contributed by atoms with E-state index in [1.54, 1.807) is 13.8 Å². The van der Waals surface area contributed by atoms with Gasteiger partial charge < -0.3 is 10.1 Å². The van der Waals surface area contributed by atoms with E-state index in [4.69, 9.17) is 4.74 Å². The van der Waals surface area contributed by atoms with Crippen LogP contribution in [0.4, 0.5) is 5.69 Å². The Morgan fingerprint density at radius 1 is 1.35 bits per heavy atom. The number of hydrogen-bond acceptors (Lipinski definition) is 2. The van der Waals surface area contributed by atoms with Crippen LogP contribution in [0.25, 0.3) is 0 Å². The van der Waals surface area contributed by atoms with Crippen molar-refractivity contribution in [1.29, 1.82) is 0 Å². The molecule has 0 unspecified atom stereocenters. The van der Waals surface area contributed by atoms with Gasteiger partial charge in [-0.1, -0.05) is 28.1 Å². The first-order chi connectivity index (χ1) is 7.80. The van der Waals surface area contributed by atoms with Crippen LogP contribution in [0.3, 0.4) is 0 Å². The lowest BCUT2D eigenvalue weighted by Gasteiger charge is -2.19. The second-order valence-corrected chi connectivity index (χ2v) is 6.57. The van der Waals surface area contributed by atoms with E-state index in [0.717, 1.165) is 0 Å². The molecule has 0 aliphatic rings. The van der Waals surface area contributed by atoms with Crippen molar-refractivity contribution in [3.8, 4) is 5.75 Å². The van der Waals surface area contributed by atoms with E-state index in [1.807, 2.05) is 38.1 Å². The molecule has 0 saturated carbocycles. The van der Waals surface area contributed by atoms with Gasteiger partial charge in [-0.15, -0.1) is 0 Å². The van der Waals surface area contributed by atoms with Crippen LogP contribution < -0.4 is 10.1 Å². The zero-order chi connectivity index (χ0) is 13.1. The molecule has 4 heteroatoms. The number of carbonyl (C=O) groups excluding carboxylic acids is 1. The minimum absolute atomic E-state index is 0.0741. The molecule has 0 aliphatic heterocycles. The van der Waals surface area contributed by atoms with Crippen LogP contribution in [0.15, 0.2) is 24.3 Å². The number of halogens is 1. The summed E-state index contributed by atoms with van der Waals surface area (Å²) in [4.78, 5) is 11.9. The predicted octanol–water partition coefficient (Wildman–Crippen LogP) is 3.59. The van der Waals surface area contributed by atoms with Crippen LogP contribution >= 0.6 is 15.9 Å². The highest BCUT2D eigenvalue weighted by Crippen LogP contribution is 2.27. The number of carbonyl (C=O) groups is 1. The molecule has 1 aromatic rings. The molecule has 1 amide bonds. The lowest BCUT2D eigenvalue weighted by molar-refractivity contribution is -0.117. The van der Waals surface area contributed by atoms with Crippen molar-refractivity contribution in [3.63, 3.8) is 0 Å². The number of nitrogens with one attached hydrogen (secondary N) is 1. The molecular formula is C13H18BrNO2. The summed E-state index contributed by atoms with van der Waals surface area (Å²) < 4.78 is 5.03. The third-order valence-electron chi connectivity index (χ3n) is 2.04. The summed E-state index contributed by atoms with van der Waals surface area (Å²) in [5.41, 5.74) is 0.693. The van der Waals surface area contributed by atoms with Gasteiger partial charge in [-0.2, -0.15) is 0 Å². The number of anilines is 1. The largest absolute Gasteiger partial charge is 0.489 e. The normalized spacial score (nSPS) is 11.4. The molecule has 0 bridgehead atoms. The molecule has 94 valence electrons. The molecule has 1 aromatic carbocycles. The summed E-state index contributed by atoms with van der Waals surface area (Å²) in [6.07, 6.45) is 0.0741. The number of para-hydroxylation sites is 2. The highest BCUT2D eigenvalue weighted by molar-refractivity contribution is 9.10. The Morgan fingerprint density at radius 2 is 1.94 bits per heavy atom. The van der Waals surface area contributed by atoms with Gasteiger partial charge in [-0.3, -0.25) is 4.79 Å². The average molecular weight is 300 g/mol. The van der Waals surface area contributed by atoms with Crippen molar-refractivity contribution >= 4 is 27.5 Å². The average Bonchev–Trinajstić information content (AvgIpc) is 2.18. The smallest absolute Gasteiger partial charge is 0.240 e. The van der Waals surface area contributed by atoms with Crippen LogP contribution in [0.2, 0.25) is 0 Å². The monoisotopic (exact) mass is 299 g/mol. The SMILES string of the molecule is CC(C)Oc1ccccc1NC(=O)C(C)(C)Br. The lowest BCUT2D eigenvalue weighted by atomic mass is 10.2. The van der Waals surface area contributed by atoms with Crippen LogP contribution in [0.5, 0.6) is 5.75 Å². The molecule has 0 aromatic heterocycles. The Labute approximate surface area is 111 Å². The Kier molecular flexibility index (Phi) is 4.57. The summed E-state index contributed by atoms with van der Waals surface area (Å²) >= 11 is 3.32. The van der Waals surface area contributed by atoms with E-state index < -0.39 is 4.32 Å². The number of amides is 1. The fourth-order valence-electron chi connectivity index (χ4n) is 1.20. The van der Waals surface area contributed by atoms with Crippen molar-refractivity contribution in [2.24, 2.45) is 0 Å². The van der Waals surface area contributed by atoms with Crippen LogP contribution in [-0.2, 0) is 4.79 Å². The van der Waals surface area contributed by atoms with Gasteiger partial charge in [-0.05, 0) is 39.8 Å². The standard InChI is InChI=1S/C13H18BrNO2/c1-9(2)17-11-8-6-5-7-10(11)15-12(16)13(3,4)14/h5-9H,1-4H3,(H,15,16). The third-order valence-corrected chi connectivity index (χ3v) is 2.40. The number of ether oxygens (including phenoxy) is 1. The van der Waals surface area contributed by atoms with Gasteiger partial charge in [0.2, 0.25) is 5.91 Å². The van der Waals surface area contributed by atoms with E-state index in [1.165, 1.54) is 0 Å². The minimum atomic E-state index is -0.599. The first-order valence-electron chi connectivity index (χ1n) is 5.56. The highest BCUT2D eigenvalue weighted by atomic mass is 79.9. The third kappa shape index (κ3) is 4.38. The summed E-state index contributed by atoms with van der Waals surface area (Å²) in [5.74, 6) is 0.588. The molecule has 0 heterocycles. The van der Waals surface area contributed by atoms with Crippen molar-refractivity contribution < 1.29 is 9.53 Å². The summed E-state index contributed by atoms with van der Waals surface area (Å²) in [6, 6.07) is 7.42. The highest BCUT2D eigenvalue weighted by Gasteiger charge is 2.24. The van der Waals surface area contributed by atoms with Gasteiger partial charge in [0.15, 0.2) is 0 Å². The molecule has 1 N–H and O–H groups in total. The molecule has 0 atom stereocenters. The molecular weight excluding hydrogens is 282 g/mol. The van der Waals surface area contributed by atoms with E-state index in [0.29, 0.717) is 11.4 Å². The van der Waals surface area contributed by atoms with Crippen LogP contribution in [0.1, 0.15) is 27.7 Å². The summed E-state index contributed by atoms with van der Waals surface area (Å²) in [5, 5.41) is 2.85. The van der Waals surface area contributed by atoms with Gasteiger partial charge in [0.25, 0.3) is 0 Å². The first kappa shape index (κ1) is 14.0. The molecule has 0 radical (unpaired) electrons. The number of rotatable bonds is 4. The molecule has 0 aliphatic carbocycles. The Morgan fingerprint density at radius 3 is 2.47 bits per heavy atom. The van der Waals surface area contributed by atoms with Crippen LogP contribution in [-0.4, -0.2) is 16.3 Å². The lowest BCUT2D eigenvalue weighted by Crippen LogP contribution is -2.31. The number of alkyl halides is 1. The second-order valence-electron chi connectivity index (χ2n) is 4.59. The van der Waals surface area contributed by atoms with Gasteiger partial charge >= 0.3 is 0 Å². The predicted molar refractivity (Wildman–Crippen MR) is 73.8 cm³/mol. The molecule has 17 heavy (non-hydrogen) atoms. The summed E-state index contributed by atoms with van der Waals surface area (Å²) in [7, 11) is 0. The Hall–Kier alpha value is -1.03. The number of hydrogen-bond donors (Lipinski definition) is 1. The molecule has 3 nitrogen and oxygen atoms in total. The maximum absolute atomic E-state index is 11.9. The maximum atomic E-state index is 11.9. The zero-order valence-electron chi connectivity index (χ0n) is 10.6. The van der Waals surface area contributed by atoms with E-state index in [9.17, 15) is 4.79 Å². The van der Waals surface area contributed by atoms with Gasteiger partial charge in [0, 0.05) is 0 Å². The van der Waals surface area contributed by atoms with Crippen molar-refractivity contribution in [2.45, 2.75) is 38.1 Å². The van der Waals surface area contributed by atoms with Crippen molar-refractivity contribution in [3.05, 3.63) is 24.3 Å². The fraction of sp³-hybridized carbons (Fsp3) is 0.462. The zero-order valence-corrected chi connectivity index (χ0v) is 12.2. The first-order valence-corrected chi connectivity index (χ1v) is 6.36. The van der Waals surface area contributed by atoms with E-state index >= 15 is 0 Å². The molecule has 0 fully saturated rings. The van der Waals surface area contributed by atoms with Crippen molar-refractivity contribution in [1.82, 2.24) is 0 Å². The summed E-state index contributed by atoms with van der Waals surface area (Å²) in [6.45, 7) is 7.50. The second kappa shape index (κ2) is 5.54. The van der Waals surface area contributed by atoms with Crippen molar-refractivity contribution in [2.75, 3.05) is 5.32 Å². The topological polar surface area (TPSA) is 38.3 Å². The van der Waals surface area contributed by atoms with Gasteiger partial charge in [0.1, 0.15) is 5.75 Å². The fourth-order valence-corrected chi connectivity index (χ4v) is 1.30. The van der Waals surface area contributed by atoms with Crippen LogP contribution in [0, 0.1) is 0 Å². The van der Waals surface area contributed by atoms with E-state index in [-0.39, 0.29) is 12.0 Å². The van der Waals surface area contributed by atoms with E-state index in [2.05, 4.69) is 21.2 Å². The quantitative estimate of drug-likeness (QED) is 0.863. The Balaban J connectivity index is 2.87. The maximum Gasteiger partial charge on any atom is 0.240 e. The minimum Gasteiger partial charge on any atom is -0.489 e. The van der Waals surface area contributed by atoms with Gasteiger partial charge in [0.05, 0.1) is 16.1 Å². The van der Waals surface area contributed by atoms with Gasteiger partial charge in [-0.25, -0.2) is 0 Å². The molecule has 1 rings (SSSR count).